The lowest BCUT2D eigenvalue weighted by molar-refractivity contribution is 0.586. The molecule has 1 nitrogen and oxygen atoms in total. The minimum absolute atomic E-state index is 0.300. The van der Waals surface area contributed by atoms with Gasteiger partial charge in [-0.25, -0.2) is 0 Å². The van der Waals surface area contributed by atoms with Gasteiger partial charge in [-0.2, -0.15) is 0 Å². The van der Waals surface area contributed by atoms with Crippen molar-refractivity contribution in [2.75, 3.05) is 4.90 Å². The van der Waals surface area contributed by atoms with Crippen LogP contribution >= 0.6 is 0 Å². The summed E-state index contributed by atoms with van der Waals surface area (Å²) >= 11 is 0. The van der Waals surface area contributed by atoms with Gasteiger partial charge in [0.15, 0.2) is 0 Å². The Kier molecular flexibility index (Phi) is 4.77. The summed E-state index contributed by atoms with van der Waals surface area (Å²) in [5.41, 5.74) is 3.92. The quantitative estimate of drug-likeness (QED) is 0.557. The highest BCUT2D eigenvalue weighted by atomic mass is 15.2. The molecule has 0 amide bonds. The molecule has 3 aromatic carbocycles. The first kappa shape index (κ1) is 15.4. The van der Waals surface area contributed by atoms with Crippen molar-refractivity contribution in [3.8, 4) is 0 Å². The third-order valence-electron chi connectivity index (χ3n) is 4.45. The molecular formula is C22H23N. The summed E-state index contributed by atoms with van der Waals surface area (Å²) < 4.78 is 0. The highest BCUT2D eigenvalue weighted by molar-refractivity contribution is 5.51. The molecule has 0 saturated heterocycles. The van der Waals surface area contributed by atoms with E-state index in [9.17, 15) is 0 Å². The van der Waals surface area contributed by atoms with E-state index in [1.54, 1.807) is 0 Å². The monoisotopic (exact) mass is 301 g/mol. The number of hydrogen-bond acceptors (Lipinski definition) is 1. The molecule has 0 saturated carbocycles. The average Bonchev–Trinajstić information content (AvgIpc) is 2.64. The van der Waals surface area contributed by atoms with Crippen molar-refractivity contribution in [1.82, 2.24) is 0 Å². The Morgan fingerprint density at radius 2 is 0.870 bits per heavy atom. The van der Waals surface area contributed by atoms with Crippen molar-refractivity contribution in [3.63, 3.8) is 0 Å². The normalized spacial score (nSPS) is 13.3. The summed E-state index contributed by atoms with van der Waals surface area (Å²) in [7, 11) is 0. The van der Waals surface area contributed by atoms with E-state index in [0.717, 1.165) is 0 Å². The first-order chi connectivity index (χ1) is 11.3. The van der Waals surface area contributed by atoms with Gasteiger partial charge in [-0.3, -0.25) is 0 Å². The molecule has 0 N–H and O–H groups in total. The molecule has 0 aliphatic carbocycles. The van der Waals surface area contributed by atoms with E-state index in [0.29, 0.717) is 12.1 Å². The average molecular weight is 301 g/mol. The highest BCUT2D eigenvalue weighted by Crippen LogP contribution is 2.35. The van der Waals surface area contributed by atoms with Crippen LogP contribution in [0.5, 0.6) is 0 Å². The van der Waals surface area contributed by atoms with Gasteiger partial charge in [-0.15, -0.1) is 0 Å². The van der Waals surface area contributed by atoms with Gasteiger partial charge in [-0.05, 0) is 37.1 Å². The highest BCUT2D eigenvalue weighted by Gasteiger charge is 2.22. The lowest BCUT2D eigenvalue weighted by Crippen LogP contribution is -2.29. The molecule has 0 fully saturated rings. The molecule has 3 rings (SSSR count). The number of hydrogen-bond donors (Lipinski definition) is 0. The van der Waals surface area contributed by atoms with Crippen LogP contribution in [-0.4, -0.2) is 0 Å². The molecule has 0 unspecified atom stereocenters. The Labute approximate surface area is 139 Å². The molecule has 0 spiro atoms. The van der Waals surface area contributed by atoms with Crippen molar-refractivity contribution in [2.24, 2.45) is 0 Å². The van der Waals surface area contributed by atoms with Crippen LogP contribution in [0.4, 0.5) is 5.69 Å². The Bertz CT molecular complexity index is 661. The van der Waals surface area contributed by atoms with Crippen molar-refractivity contribution >= 4 is 5.69 Å². The summed E-state index contributed by atoms with van der Waals surface area (Å²) in [6.45, 7) is 4.56. The fourth-order valence-electron chi connectivity index (χ4n) is 3.17. The van der Waals surface area contributed by atoms with Gasteiger partial charge in [0.1, 0.15) is 0 Å². The first-order valence-electron chi connectivity index (χ1n) is 8.20. The number of anilines is 1. The smallest absolute Gasteiger partial charge is 0.0520 e. The molecule has 2 atom stereocenters. The molecule has 0 aromatic heterocycles. The van der Waals surface area contributed by atoms with Crippen LogP contribution < -0.4 is 4.90 Å². The second-order valence-corrected chi connectivity index (χ2v) is 5.92. The SMILES string of the molecule is C[C@@H](c1ccccc1)N(c1ccccc1)[C@@H](C)c1ccccc1. The second-order valence-electron chi connectivity index (χ2n) is 5.92. The Morgan fingerprint density at radius 3 is 1.26 bits per heavy atom. The summed E-state index contributed by atoms with van der Waals surface area (Å²) in [4.78, 5) is 2.49. The van der Waals surface area contributed by atoms with Gasteiger partial charge in [-0.1, -0.05) is 78.9 Å². The zero-order chi connectivity index (χ0) is 16.1. The predicted molar refractivity (Wildman–Crippen MR) is 98.6 cm³/mol. The van der Waals surface area contributed by atoms with E-state index in [1.807, 2.05) is 0 Å². The maximum atomic E-state index is 2.49. The van der Waals surface area contributed by atoms with Gasteiger partial charge in [0, 0.05) is 5.69 Å². The zero-order valence-corrected chi connectivity index (χ0v) is 13.8. The van der Waals surface area contributed by atoms with Gasteiger partial charge >= 0.3 is 0 Å². The fraction of sp³-hybridized carbons (Fsp3) is 0.182. The molecular weight excluding hydrogens is 278 g/mol. The summed E-state index contributed by atoms with van der Waals surface area (Å²) in [5, 5.41) is 0. The van der Waals surface area contributed by atoms with E-state index >= 15 is 0 Å². The van der Waals surface area contributed by atoms with E-state index in [4.69, 9.17) is 0 Å². The molecule has 116 valence electrons. The lowest BCUT2D eigenvalue weighted by Gasteiger charge is -2.37. The van der Waals surface area contributed by atoms with Crippen molar-refractivity contribution in [1.29, 1.82) is 0 Å². The molecule has 0 bridgehead atoms. The van der Waals surface area contributed by atoms with E-state index < -0.39 is 0 Å². The second kappa shape index (κ2) is 7.15. The summed E-state index contributed by atoms with van der Waals surface area (Å²) in [6.07, 6.45) is 0. The third-order valence-corrected chi connectivity index (χ3v) is 4.45. The minimum Gasteiger partial charge on any atom is -0.358 e. The molecule has 3 aromatic rings. The van der Waals surface area contributed by atoms with E-state index in [2.05, 4.69) is 110 Å². The molecule has 1 heteroatoms. The number of para-hydroxylation sites is 1. The predicted octanol–water partition coefficient (Wildman–Crippen LogP) is 6.02. The van der Waals surface area contributed by atoms with Crippen LogP contribution in [0.25, 0.3) is 0 Å². The van der Waals surface area contributed by atoms with Crippen LogP contribution in [0.15, 0.2) is 91.0 Å². The summed E-state index contributed by atoms with van der Waals surface area (Å²) in [5.74, 6) is 0. The van der Waals surface area contributed by atoms with E-state index in [-0.39, 0.29) is 0 Å². The van der Waals surface area contributed by atoms with Crippen molar-refractivity contribution in [3.05, 3.63) is 102 Å². The maximum Gasteiger partial charge on any atom is 0.0520 e. The van der Waals surface area contributed by atoms with Crippen LogP contribution in [0.2, 0.25) is 0 Å². The molecule has 0 heterocycles. The van der Waals surface area contributed by atoms with E-state index in [1.165, 1.54) is 16.8 Å². The summed E-state index contributed by atoms with van der Waals surface area (Å²) in [6, 6.07) is 32.7. The molecule has 0 aliphatic heterocycles. The molecule has 23 heavy (non-hydrogen) atoms. The Morgan fingerprint density at radius 1 is 0.522 bits per heavy atom. The molecule has 0 radical (unpaired) electrons. The van der Waals surface area contributed by atoms with Crippen LogP contribution in [0.1, 0.15) is 37.1 Å². The van der Waals surface area contributed by atoms with Gasteiger partial charge in [0.2, 0.25) is 0 Å². The lowest BCUT2D eigenvalue weighted by atomic mass is 10.00. The van der Waals surface area contributed by atoms with Gasteiger partial charge in [0.05, 0.1) is 12.1 Å². The Balaban J connectivity index is 2.01. The fourth-order valence-corrected chi connectivity index (χ4v) is 3.17. The van der Waals surface area contributed by atoms with Crippen molar-refractivity contribution < 1.29 is 0 Å². The first-order valence-corrected chi connectivity index (χ1v) is 8.20. The number of nitrogens with zero attached hydrogens (tertiary/aromatic N) is 1. The number of benzene rings is 3. The Hall–Kier alpha value is -2.54. The third kappa shape index (κ3) is 3.45. The minimum atomic E-state index is 0.300. The van der Waals surface area contributed by atoms with Crippen LogP contribution in [0.3, 0.4) is 0 Å². The number of rotatable bonds is 5. The largest absolute Gasteiger partial charge is 0.358 e. The van der Waals surface area contributed by atoms with Gasteiger partial charge in [0.25, 0.3) is 0 Å². The van der Waals surface area contributed by atoms with Crippen molar-refractivity contribution in [2.45, 2.75) is 25.9 Å². The standard InChI is InChI=1S/C22H23N/c1-18(20-12-6-3-7-13-20)23(22-16-10-5-11-17-22)19(2)21-14-8-4-9-15-21/h3-19H,1-2H3/t18-,19-/m0/s1. The van der Waals surface area contributed by atoms with Crippen LogP contribution in [0, 0.1) is 0 Å². The maximum absolute atomic E-state index is 2.49. The topological polar surface area (TPSA) is 3.24 Å². The zero-order valence-electron chi connectivity index (χ0n) is 13.8. The van der Waals surface area contributed by atoms with Gasteiger partial charge < -0.3 is 4.90 Å². The molecule has 0 aliphatic rings. The van der Waals surface area contributed by atoms with Crippen LogP contribution in [-0.2, 0) is 0 Å².